The van der Waals surface area contributed by atoms with Crippen molar-refractivity contribution in [3.05, 3.63) is 60.2 Å². The Labute approximate surface area is 183 Å². The van der Waals surface area contributed by atoms with E-state index in [2.05, 4.69) is 5.32 Å². The number of para-hydroxylation sites is 1. The highest BCUT2D eigenvalue weighted by Gasteiger charge is 2.35. The molecule has 31 heavy (non-hydrogen) atoms. The van der Waals surface area contributed by atoms with Crippen molar-refractivity contribution >= 4 is 21.7 Å². The zero-order chi connectivity index (χ0) is 22.3. The van der Waals surface area contributed by atoms with Crippen molar-refractivity contribution in [3.63, 3.8) is 0 Å². The molecule has 1 heterocycles. The number of nitrogens with one attached hydrogen (secondary N) is 1. The van der Waals surface area contributed by atoms with E-state index in [0.717, 1.165) is 6.42 Å². The SMILES string of the molecule is CCOc1ccccc1C(=O)N1CCCC1C(=O)NCCCS(=O)(=O)c1ccccc1. The minimum atomic E-state index is -3.38. The molecule has 2 aromatic carbocycles. The van der Waals surface area contributed by atoms with Crippen LogP contribution in [0, 0.1) is 0 Å². The Kier molecular flexibility index (Phi) is 7.68. The third-order valence-corrected chi connectivity index (χ3v) is 7.04. The molecule has 8 heteroatoms. The molecular formula is C23H28N2O5S. The van der Waals surface area contributed by atoms with E-state index >= 15 is 0 Å². The zero-order valence-electron chi connectivity index (χ0n) is 17.6. The van der Waals surface area contributed by atoms with Crippen LogP contribution in [0.1, 0.15) is 36.5 Å². The fourth-order valence-electron chi connectivity index (χ4n) is 3.70. The number of benzene rings is 2. The van der Waals surface area contributed by atoms with E-state index in [0.29, 0.717) is 37.3 Å². The summed E-state index contributed by atoms with van der Waals surface area (Å²) >= 11 is 0. The van der Waals surface area contributed by atoms with Crippen molar-refractivity contribution < 1.29 is 22.7 Å². The highest BCUT2D eigenvalue weighted by Crippen LogP contribution is 2.25. The van der Waals surface area contributed by atoms with Crippen molar-refractivity contribution in [1.29, 1.82) is 0 Å². The van der Waals surface area contributed by atoms with Crippen LogP contribution in [0.15, 0.2) is 59.5 Å². The molecule has 0 aromatic heterocycles. The predicted molar refractivity (Wildman–Crippen MR) is 118 cm³/mol. The second kappa shape index (κ2) is 10.4. The van der Waals surface area contributed by atoms with Gasteiger partial charge in [-0.05, 0) is 50.5 Å². The molecule has 2 amide bonds. The zero-order valence-corrected chi connectivity index (χ0v) is 18.4. The lowest BCUT2D eigenvalue weighted by atomic mass is 10.1. The number of hydrogen-bond acceptors (Lipinski definition) is 5. The van der Waals surface area contributed by atoms with Crippen LogP contribution in [0.3, 0.4) is 0 Å². The molecular weight excluding hydrogens is 416 g/mol. The summed E-state index contributed by atoms with van der Waals surface area (Å²) in [6.45, 7) is 3.03. The van der Waals surface area contributed by atoms with Crippen LogP contribution in [0.4, 0.5) is 0 Å². The number of sulfone groups is 1. The molecule has 0 spiro atoms. The molecule has 1 saturated heterocycles. The Morgan fingerprint density at radius 1 is 1.10 bits per heavy atom. The summed E-state index contributed by atoms with van der Waals surface area (Å²) in [5, 5.41) is 2.80. The topological polar surface area (TPSA) is 92.8 Å². The number of hydrogen-bond donors (Lipinski definition) is 1. The first-order chi connectivity index (χ1) is 14.9. The molecule has 1 fully saturated rings. The fraction of sp³-hybridized carbons (Fsp3) is 0.391. The molecule has 166 valence electrons. The van der Waals surface area contributed by atoms with Gasteiger partial charge >= 0.3 is 0 Å². The lowest BCUT2D eigenvalue weighted by Gasteiger charge is -2.25. The number of rotatable bonds is 9. The third-order valence-electron chi connectivity index (χ3n) is 5.23. The molecule has 1 unspecified atom stereocenters. The van der Waals surface area contributed by atoms with Crippen molar-refractivity contribution in [1.82, 2.24) is 10.2 Å². The van der Waals surface area contributed by atoms with Gasteiger partial charge < -0.3 is 15.0 Å². The Morgan fingerprint density at radius 2 is 1.81 bits per heavy atom. The van der Waals surface area contributed by atoms with Crippen LogP contribution < -0.4 is 10.1 Å². The van der Waals surface area contributed by atoms with Gasteiger partial charge in [-0.25, -0.2) is 8.42 Å². The maximum absolute atomic E-state index is 13.1. The minimum Gasteiger partial charge on any atom is -0.493 e. The van der Waals surface area contributed by atoms with E-state index in [1.54, 1.807) is 59.5 Å². The summed E-state index contributed by atoms with van der Waals surface area (Å²) in [5.41, 5.74) is 0.443. The second-order valence-corrected chi connectivity index (χ2v) is 9.47. The van der Waals surface area contributed by atoms with E-state index in [4.69, 9.17) is 4.74 Å². The molecule has 1 aliphatic heterocycles. The van der Waals surface area contributed by atoms with Crippen LogP contribution in [0.5, 0.6) is 5.75 Å². The molecule has 1 atom stereocenters. The van der Waals surface area contributed by atoms with E-state index in [-0.39, 0.29) is 29.0 Å². The van der Waals surface area contributed by atoms with Crippen molar-refractivity contribution in [2.24, 2.45) is 0 Å². The van der Waals surface area contributed by atoms with Crippen LogP contribution in [-0.2, 0) is 14.6 Å². The summed E-state index contributed by atoms with van der Waals surface area (Å²) in [7, 11) is -3.38. The summed E-state index contributed by atoms with van der Waals surface area (Å²) in [6.07, 6.45) is 1.62. The van der Waals surface area contributed by atoms with E-state index in [1.807, 2.05) is 6.92 Å². The van der Waals surface area contributed by atoms with E-state index in [1.165, 1.54) is 0 Å². The number of carbonyl (C=O) groups excluding carboxylic acids is 2. The van der Waals surface area contributed by atoms with Crippen molar-refractivity contribution in [2.75, 3.05) is 25.4 Å². The van der Waals surface area contributed by atoms with Gasteiger partial charge in [0.1, 0.15) is 11.8 Å². The average molecular weight is 445 g/mol. The van der Waals surface area contributed by atoms with E-state index in [9.17, 15) is 18.0 Å². The molecule has 3 rings (SSSR count). The molecule has 2 aromatic rings. The maximum atomic E-state index is 13.1. The van der Waals surface area contributed by atoms with Crippen LogP contribution in [0.25, 0.3) is 0 Å². The van der Waals surface area contributed by atoms with Crippen molar-refractivity contribution in [3.8, 4) is 5.75 Å². The van der Waals surface area contributed by atoms with Gasteiger partial charge in [-0.15, -0.1) is 0 Å². The van der Waals surface area contributed by atoms with Gasteiger partial charge in [0, 0.05) is 13.1 Å². The second-order valence-electron chi connectivity index (χ2n) is 7.36. The molecule has 0 bridgehead atoms. The van der Waals surface area contributed by atoms with Crippen LogP contribution >= 0.6 is 0 Å². The number of ether oxygens (including phenoxy) is 1. The number of carbonyl (C=O) groups is 2. The number of likely N-dealkylation sites (tertiary alicyclic amines) is 1. The predicted octanol–water partition coefficient (Wildman–Crippen LogP) is 2.67. The quantitative estimate of drug-likeness (QED) is 0.601. The van der Waals surface area contributed by atoms with E-state index < -0.39 is 15.9 Å². The molecule has 0 radical (unpaired) electrons. The first-order valence-electron chi connectivity index (χ1n) is 10.5. The van der Waals surface area contributed by atoms with Gasteiger partial charge in [0.2, 0.25) is 5.91 Å². The highest BCUT2D eigenvalue weighted by atomic mass is 32.2. The molecule has 1 N–H and O–H groups in total. The molecule has 0 saturated carbocycles. The summed E-state index contributed by atoms with van der Waals surface area (Å²) in [4.78, 5) is 27.6. The summed E-state index contributed by atoms with van der Waals surface area (Å²) in [5.74, 6) is -0.0239. The van der Waals surface area contributed by atoms with Crippen LogP contribution in [0.2, 0.25) is 0 Å². The third kappa shape index (κ3) is 5.64. The summed E-state index contributed by atoms with van der Waals surface area (Å²) in [6, 6.07) is 14.7. The Bertz CT molecular complexity index is 1010. The number of nitrogens with zero attached hydrogens (tertiary/aromatic N) is 1. The lowest BCUT2D eigenvalue weighted by molar-refractivity contribution is -0.124. The van der Waals surface area contributed by atoms with Gasteiger partial charge in [0.15, 0.2) is 9.84 Å². The first kappa shape index (κ1) is 22.8. The lowest BCUT2D eigenvalue weighted by Crippen LogP contribution is -2.46. The van der Waals surface area contributed by atoms with Gasteiger partial charge in [-0.1, -0.05) is 30.3 Å². The Hall–Kier alpha value is -2.87. The minimum absolute atomic E-state index is 0.0493. The fourth-order valence-corrected chi connectivity index (χ4v) is 5.03. The largest absolute Gasteiger partial charge is 0.493 e. The van der Waals surface area contributed by atoms with Crippen molar-refractivity contribution in [2.45, 2.75) is 37.1 Å². The smallest absolute Gasteiger partial charge is 0.258 e. The standard InChI is InChI=1S/C23H28N2O5S/c1-2-30-21-14-7-6-12-19(21)23(27)25-16-8-13-20(25)22(26)24-15-9-17-31(28,29)18-10-4-3-5-11-18/h3-7,10-12,14,20H,2,8-9,13,15-17H2,1H3,(H,24,26). The first-order valence-corrected chi connectivity index (χ1v) is 12.2. The van der Waals surface area contributed by atoms with Gasteiger partial charge in [0.05, 0.1) is 22.8 Å². The van der Waals surface area contributed by atoms with Crippen LogP contribution in [-0.4, -0.2) is 56.6 Å². The van der Waals surface area contributed by atoms with Gasteiger partial charge in [-0.3, -0.25) is 9.59 Å². The Morgan fingerprint density at radius 3 is 2.55 bits per heavy atom. The maximum Gasteiger partial charge on any atom is 0.258 e. The highest BCUT2D eigenvalue weighted by molar-refractivity contribution is 7.91. The molecule has 7 nitrogen and oxygen atoms in total. The summed E-state index contributed by atoms with van der Waals surface area (Å²) < 4.78 is 30.2. The monoisotopic (exact) mass is 444 g/mol. The number of amides is 2. The molecule has 0 aliphatic carbocycles. The van der Waals surface area contributed by atoms with Gasteiger partial charge in [0.25, 0.3) is 5.91 Å². The van der Waals surface area contributed by atoms with Gasteiger partial charge in [-0.2, -0.15) is 0 Å². The average Bonchev–Trinajstić information content (AvgIpc) is 3.27. The molecule has 1 aliphatic rings. The normalized spacial score (nSPS) is 16.2. The Balaban J connectivity index is 1.56.